The third-order valence-electron chi connectivity index (χ3n) is 3.42. The standard InChI is InChI=1S/C18H19NO3/c1-12(2)14-7-9-16(10-8-14)18(21)22-11-13-3-5-15(6-4-13)17(19)20/h3-10,12H,11H2,1-2H3,(H2,19,20). The Labute approximate surface area is 129 Å². The maximum absolute atomic E-state index is 12.0. The minimum Gasteiger partial charge on any atom is -0.457 e. The van der Waals surface area contributed by atoms with Crippen LogP contribution in [0.1, 0.15) is 51.6 Å². The van der Waals surface area contributed by atoms with E-state index in [4.69, 9.17) is 10.5 Å². The summed E-state index contributed by atoms with van der Waals surface area (Å²) in [5.74, 6) is -0.420. The van der Waals surface area contributed by atoms with E-state index in [0.717, 1.165) is 5.56 Å². The molecule has 1 amide bonds. The lowest BCUT2D eigenvalue weighted by Gasteiger charge is -2.08. The average Bonchev–Trinajstić information content (AvgIpc) is 2.53. The van der Waals surface area contributed by atoms with Crippen LogP contribution in [0, 0.1) is 0 Å². The highest BCUT2D eigenvalue weighted by atomic mass is 16.5. The van der Waals surface area contributed by atoms with Crippen LogP contribution < -0.4 is 5.73 Å². The average molecular weight is 297 g/mol. The molecule has 2 N–H and O–H groups in total. The molecule has 0 saturated carbocycles. The summed E-state index contributed by atoms with van der Waals surface area (Å²) in [6, 6.07) is 14.1. The summed E-state index contributed by atoms with van der Waals surface area (Å²) in [6.45, 7) is 4.36. The van der Waals surface area contributed by atoms with Crippen molar-refractivity contribution in [3.63, 3.8) is 0 Å². The van der Waals surface area contributed by atoms with E-state index in [2.05, 4.69) is 13.8 Å². The van der Waals surface area contributed by atoms with E-state index in [9.17, 15) is 9.59 Å². The number of ether oxygens (including phenoxy) is 1. The highest BCUT2D eigenvalue weighted by molar-refractivity contribution is 5.92. The molecule has 22 heavy (non-hydrogen) atoms. The van der Waals surface area contributed by atoms with Crippen LogP contribution in [0.3, 0.4) is 0 Å². The van der Waals surface area contributed by atoms with E-state index in [1.807, 2.05) is 12.1 Å². The van der Waals surface area contributed by atoms with Crippen LogP contribution in [0.2, 0.25) is 0 Å². The molecule has 2 rings (SSSR count). The minimum atomic E-state index is -0.478. The molecule has 0 aliphatic rings. The van der Waals surface area contributed by atoms with E-state index in [1.54, 1.807) is 36.4 Å². The summed E-state index contributed by atoms with van der Waals surface area (Å²) in [5, 5.41) is 0. The maximum atomic E-state index is 12.0. The molecule has 0 radical (unpaired) electrons. The van der Waals surface area contributed by atoms with Gasteiger partial charge >= 0.3 is 5.97 Å². The topological polar surface area (TPSA) is 69.4 Å². The molecule has 114 valence electrons. The lowest BCUT2D eigenvalue weighted by molar-refractivity contribution is 0.0472. The number of hydrogen-bond donors (Lipinski definition) is 1. The fraction of sp³-hybridized carbons (Fsp3) is 0.222. The zero-order valence-corrected chi connectivity index (χ0v) is 12.7. The normalized spacial score (nSPS) is 10.5. The zero-order chi connectivity index (χ0) is 16.1. The van der Waals surface area contributed by atoms with Gasteiger partial charge in [0.25, 0.3) is 0 Å². The molecule has 0 saturated heterocycles. The molecule has 2 aromatic rings. The first-order valence-corrected chi connectivity index (χ1v) is 7.13. The van der Waals surface area contributed by atoms with Gasteiger partial charge in [-0.15, -0.1) is 0 Å². The predicted molar refractivity (Wildman–Crippen MR) is 84.6 cm³/mol. The first kappa shape index (κ1) is 15.8. The van der Waals surface area contributed by atoms with Crippen LogP contribution in [0.25, 0.3) is 0 Å². The smallest absolute Gasteiger partial charge is 0.338 e. The van der Waals surface area contributed by atoms with Gasteiger partial charge < -0.3 is 10.5 Å². The van der Waals surface area contributed by atoms with Crippen molar-refractivity contribution >= 4 is 11.9 Å². The van der Waals surface area contributed by atoms with E-state index in [-0.39, 0.29) is 12.6 Å². The second-order valence-electron chi connectivity index (χ2n) is 5.41. The van der Waals surface area contributed by atoms with Crippen LogP contribution >= 0.6 is 0 Å². The van der Waals surface area contributed by atoms with E-state index in [0.29, 0.717) is 17.0 Å². The van der Waals surface area contributed by atoms with Crippen LogP contribution in [0.4, 0.5) is 0 Å². The molecule has 0 aliphatic heterocycles. The molecule has 0 spiro atoms. The SMILES string of the molecule is CC(C)c1ccc(C(=O)OCc2ccc(C(N)=O)cc2)cc1. The van der Waals surface area contributed by atoms with Crippen LogP contribution in [0.15, 0.2) is 48.5 Å². The van der Waals surface area contributed by atoms with Gasteiger partial charge in [-0.3, -0.25) is 4.79 Å². The quantitative estimate of drug-likeness (QED) is 0.861. The highest BCUT2D eigenvalue weighted by Gasteiger charge is 2.08. The summed E-state index contributed by atoms with van der Waals surface area (Å²) in [6.07, 6.45) is 0. The van der Waals surface area contributed by atoms with Crippen molar-refractivity contribution < 1.29 is 14.3 Å². The van der Waals surface area contributed by atoms with Crippen molar-refractivity contribution in [1.29, 1.82) is 0 Å². The molecule has 0 aromatic heterocycles. The van der Waals surface area contributed by atoms with Crippen LogP contribution in [-0.2, 0) is 11.3 Å². The van der Waals surface area contributed by atoms with Gasteiger partial charge in [-0.1, -0.05) is 38.1 Å². The van der Waals surface area contributed by atoms with Gasteiger partial charge in [0.05, 0.1) is 5.56 Å². The van der Waals surface area contributed by atoms with Gasteiger partial charge in [0.2, 0.25) is 5.91 Å². The Morgan fingerprint density at radius 2 is 1.50 bits per heavy atom. The van der Waals surface area contributed by atoms with E-state index in [1.165, 1.54) is 5.56 Å². The number of rotatable bonds is 5. The fourth-order valence-electron chi connectivity index (χ4n) is 2.00. The van der Waals surface area contributed by atoms with Crippen LogP contribution in [0.5, 0.6) is 0 Å². The molecular formula is C18H19NO3. The first-order valence-electron chi connectivity index (χ1n) is 7.13. The molecule has 0 atom stereocenters. The Hall–Kier alpha value is -2.62. The summed E-state index contributed by atoms with van der Waals surface area (Å²) in [5.41, 5.74) is 8.11. The van der Waals surface area contributed by atoms with Crippen LogP contribution in [-0.4, -0.2) is 11.9 Å². The number of esters is 1. The Morgan fingerprint density at radius 3 is 2.00 bits per heavy atom. The first-order chi connectivity index (χ1) is 10.5. The predicted octanol–water partition coefficient (Wildman–Crippen LogP) is 3.27. The lowest BCUT2D eigenvalue weighted by atomic mass is 10.0. The Bertz CT molecular complexity index is 658. The number of benzene rings is 2. The number of amides is 1. The van der Waals surface area contributed by atoms with E-state index < -0.39 is 5.91 Å². The number of hydrogen-bond acceptors (Lipinski definition) is 3. The minimum absolute atomic E-state index is 0.157. The van der Waals surface area contributed by atoms with Crippen molar-refractivity contribution in [1.82, 2.24) is 0 Å². The monoisotopic (exact) mass is 297 g/mol. The molecule has 0 heterocycles. The molecule has 0 unspecified atom stereocenters. The molecule has 2 aromatic carbocycles. The summed E-state index contributed by atoms with van der Waals surface area (Å²) in [4.78, 5) is 23.0. The second kappa shape index (κ2) is 6.89. The Morgan fingerprint density at radius 1 is 0.955 bits per heavy atom. The third-order valence-corrected chi connectivity index (χ3v) is 3.42. The zero-order valence-electron chi connectivity index (χ0n) is 12.7. The van der Waals surface area contributed by atoms with Crippen molar-refractivity contribution in [3.8, 4) is 0 Å². The molecule has 4 heteroatoms. The molecule has 4 nitrogen and oxygen atoms in total. The maximum Gasteiger partial charge on any atom is 0.338 e. The van der Waals surface area contributed by atoms with Gasteiger partial charge in [0, 0.05) is 5.56 Å². The fourth-order valence-corrected chi connectivity index (χ4v) is 2.00. The van der Waals surface area contributed by atoms with Gasteiger partial charge in [-0.05, 0) is 41.3 Å². The van der Waals surface area contributed by atoms with Gasteiger partial charge in [0.15, 0.2) is 0 Å². The molecular weight excluding hydrogens is 278 g/mol. The number of nitrogens with two attached hydrogens (primary N) is 1. The largest absolute Gasteiger partial charge is 0.457 e. The third kappa shape index (κ3) is 3.95. The highest BCUT2D eigenvalue weighted by Crippen LogP contribution is 2.15. The summed E-state index contributed by atoms with van der Waals surface area (Å²) >= 11 is 0. The number of primary amides is 1. The van der Waals surface area contributed by atoms with Crippen molar-refractivity contribution in [2.45, 2.75) is 26.4 Å². The number of carbonyl (C=O) groups is 2. The molecule has 0 bridgehead atoms. The number of carbonyl (C=O) groups excluding carboxylic acids is 2. The summed E-state index contributed by atoms with van der Waals surface area (Å²) < 4.78 is 5.26. The van der Waals surface area contributed by atoms with Gasteiger partial charge in [-0.25, -0.2) is 4.79 Å². The second-order valence-corrected chi connectivity index (χ2v) is 5.41. The van der Waals surface area contributed by atoms with Gasteiger partial charge in [0.1, 0.15) is 6.61 Å². The van der Waals surface area contributed by atoms with Gasteiger partial charge in [-0.2, -0.15) is 0 Å². The lowest BCUT2D eigenvalue weighted by Crippen LogP contribution is -2.11. The van der Waals surface area contributed by atoms with Crippen molar-refractivity contribution in [2.75, 3.05) is 0 Å². The van der Waals surface area contributed by atoms with E-state index >= 15 is 0 Å². The van der Waals surface area contributed by atoms with Crippen molar-refractivity contribution in [3.05, 3.63) is 70.8 Å². The molecule has 0 fully saturated rings. The Balaban J connectivity index is 1.96. The summed E-state index contributed by atoms with van der Waals surface area (Å²) in [7, 11) is 0. The molecule has 0 aliphatic carbocycles. The Kier molecular flexibility index (Phi) is 4.94. The van der Waals surface area contributed by atoms with Crippen molar-refractivity contribution in [2.24, 2.45) is 5.73 Å².